The Kier molecular flexibility index (Phi) is 5.96. The van der Waals surface area contributed by atoms with Gasteiger partial charge in [-0.2, -0.15) is 0 Å². The Morgan fingerprint density at radius 2 is 2.00 bits per heavy atom. The van der Waals surface area contributed by atoms with Crippen LogP contribution in [0.15, 0.2) is 36.4 Å². The third-order valence-electron chi connectivity index (χ3n) is 5.11. The molecule has 7 nitrogen and oxygen atoms in total. The fourth-order valence-electron chi connectivity index (χ4n) is 3.59. The lowest BCUT2D eigenvalue weighted by molar-refractivity contribution is -0.129. The summed E-state index contributed by atoms with van der Waals surface area (Å²) in [5.74, 6) is 0.955. The second kappa shape index (κ2) is 8.43. The van der Waals surface area contributed by atoms with Gasteiger partial charge in [0.05, 0.1) is 31.7 Å². The van der Waals surface area contributed by atoms with Crippen LogP contribution in [-0.4, -0.2) is 49.4 Å². The van der Waals surface area contributed by atoms with E-state index < -0.39 is 6.04 Å². The number of nitrogens with two attached hydrogens (primary N) is 1. The normalized spacial score (nSPS) is 13.8. The number of hydrogen-bond donors (Lipinski definition) is 1. The third-order valence-corrected chi connectivity index (χ3v) is 5.11. The summed E-state index contributed by atoms with van der Waals surface area (Å²) >= 11 is 0. The van der Waals surface area contributed by atoms with Crippen molar-refractivity contribution < 1.29 is 19.1 Å². The van der Waals surface area contributed by atoms with Gasteiger partial charge in [0, 0.05) is 26.3 Å². The number of rotatable bonds is 7. The molecule has 0 spiro atoms. The Balaban J connectivity index is 2.03. The predicted molar refractivity (Wildman–Crippen MR) is 111 cm³/mol. The van der Waals surface area contributed by atoms with Gasteiger partial charge >= 0.3 is 0 Å². The molecule has 0 unspecified atom stereocenters. The molecule has 1 aliphatic rings. The fraction of sp³-hybridized carbons (Fsp3) is 0.364. The van der Waals surface area contributed by atoms with Gasteiger partial charge in [0.15, 0.2) is 11.5 Å². The maximum Gasteiger partial charge on any atom is 0.257 e. The summed E-state index contributed by atoms with van der Waals surface area (Å²) in [6.45, 7) is 2.77. The zero-order valence-electron chi connectivity index (χ0n) is 17.3. The van der Waals surface area contributed by atoms with Gasteiger partial charge in [-0.05, 0) is 36.2 Å². The van der Waals surface area contributed by atoms with E-state index in [9.17, 15) is 9.59 Å². The number of methoxy groups -OCH3 is 1. The number of ether oxygens (including phenoxy) is 2. The maximum atomic E-state index is 13.2. The third kappa shape index (κ3) is 3.99. The number of anilines is 1. The minimum atomic E-state index is -0.450. The summed E-state index contributed by atoms with van der Waals surface area (Å²) in [6.07, 6.45) is 0.157. The lowest BCUT2D eigenvalue weighted by atomic mass is 10.0. The van der Waals surface area contributed by atoms with Crippen molar-refractivity contribution in [3.05, 3.63) is 53.1 Å². The van der Waals surface area contributed by atoms with E-state index in [2.05, 4.69) is 0 Å². The van der Waals surface area contributed by atoms with Crippen molar-refractivity contribution in [3.8, 4) is 11.5 Å². The minimum Gasteiger partial charge on any atom is -0.493 e. The smallest absolute Gasteiger partial charge is 0.257 e. The van der Waals surface area contributed by atoms with Gasteiger partial charge in [0.2, 0.25) is 5.91 Å². The monoisotopic (exact) mass is 397 g/mol. The Bertz CT molecular complexity index is 926. The minimum absolute atomic E-state index is 0.0690. The molecule has 2 amide bonds. The number of carbonyl (C=O) groups excluding carboxylic acids is 2. The van der Waals surface area contributed by atoms with Gasteiger partial charge in [-0.1, -0.05) is 18.2 Å². The summed E-state index contributed by atoms with van der Waals surface area (Å²) in [6, 6.07) is 10.5. The number of amides is 2. The molecule has 1 heterocycles. The average Bonchev–Trinajstić information content (AvgIpc) is 3.03. The van der Waals surface area contributed by atoms with E-state index in [0.717, 1.165) is 11.1 Å². The van der Waals surface area contributed by atoms with Crippen LogP contribution in [0.3, 0.4) is 0 Å². The van der Waals surface area contributed by atoms with E-state index >= 15 is 0 Å². The topological polar surface area (TPSA) is 85.1 Å². The molecule has 0 aromatic heterocycles. The summed E-state index contributed by atoms with van der Waals surface area (Å²) in [5, 5.41) is 0. The van der Waals surface area contributed by atoms with Crippen LogP contribution in [0.25, 0.3) is 0 Å². The maximum absolute atomic E-state index is 13.2. The van der Waals surface area contributed by atoms with Crippen LogP contribution in [0.2, 0.25) is 0 Å². The second-order valence-corrected chi connectivity index (χ2v) is 7.17. The van der Waals surface area contributed by atoms with Crippen molar-refractivity contribution in [1.29, 1.82) is 0 Å². The number of nitrogens with zero attached hydrogens (tertiary/aromatic N) is 2. The molecule has 0 saturated carbocycles. The lowest BCUT2D eigenvalue weighted by Gasteiger charge is -2.29. The van der Waals surface area contributed by atoms with E-state index in [1.165, 1.54) is 4.90 Å². The molecule has 7 heteroatoms. The summed E-state index contributed by atoms with van der Waals surface area (Å²) in [4.78, 5) is 29.0. The van der Waals surface area contributed by atoms with Gasteiger partial charge in [0.25, 0.3) is 5.91 Å². The number of fused-ring (bicyclic) bond motifs is 1. The van der Waals surface area contributed by atoms with Crippen molar-refractivity contribution >= 4 is 17.5 Å². The van der Waals surface area contributed by atoms with E-state index in [0.29, 0.717) is 35.9 Å². The largest absolute Gasteiger partial charge is 0.493 e. The number of benzene rings is 2. The first-order valence-corrected chi connectivity index (χ1v) is 9.56. The molecule has 0 saturated heterocycles. The van der Waals surface area contributed by atoms with Crippen molar-refractivity contribution in [2.24, 2.45) is 0 Å². The van der Waals surface area contributed by atoms with Crippen LogP contribution in [0.5, 0.6) is 11.5 Å². The number of hydrogen-bond acceptors (Lipinski definition) is 5. The highest BCUT2D eigenvalue weighted by atomic mass is 16.5. The Morgan fingerprint density at radius 3 is 2.62 bits per heavy atom. The van der Waals surface area contributed by atoms with Crippen molar-refractivity contribution in [2.45, 2.75) is 25.9 Å². The standard InChI is InChI=1S/C22H27N3O4/c1-5-29-19-11-14(9-10-18(19)28-4)17(12-20(26)24(2)3)25-13-15-7-6-8-16(23)21(15)22(25)27/h6-11,17H,5,12-13,23H2,1-4H3/t17-/m1/s1. The number of carbonyl (C=O) groups is 2. The molecular formula is C22H27N3O4. The molecule has 3 rings (SSSR count). The molecule has 2 aromatic rings. The van der Waals surface area contributed by atoms with Gasteiger partial charge < -0.3 is 25.0 Å². The van der Waals surface area contributed by atoms with E-state index in [1.807, 2.05) is 31.2 Å². The quantitative estimate of drug-likeness (QED) is 0.726. The molecule has 29 heavy (non-hydrogen) atoms. The summed E-state index contributed by atoms with van der Waals surface area (Å²) < 4.78 is 11.1. The number of nitrogen functional groups attached to an aromatic ring is 1. The van der Waals surface area contributed by atoms with Crippen LogP contribution in [0.4, 0.5) is 5.69 Å². The molecule has 0 radical (unpaired) electrons. The van der Waals surface area contributed by atoms with Crippen LogP contribution < -0.4 is 15.2 Å². The van der Waals surface area contributed by atoms with Crippen LogP contribution >= 0.6 is 0 Å². The highest BCUT2D eigenvalue weighted by Gasteiger charge is 2.36. The van der Waals surface area contributed by atoms with E-state index in [4.69, 9.17) is 15.2 Å². The SMILES string of the molecule is CCOc1cc([C@@H](CC(=O)N(C)C)N2Cc3cccc(N)c3C2=O)ccc1OC. The Morgan fingerprint density at radius 1 is 1.24 bits per heavy atom. The van der Waals surface area contributed by atoms with Crippen LogP contribution in [-0.2, 0) is 11.3 Å². The average molecular weight is 397 g/mol. The van der Waals surface area contributed by atoms with Crippen molar-refractivity contribution in [3.63, 3.8) is 0 Å². The zero-order chi connectivity index (χ0) is 21.1. The van der Waals surface area contributed by atoms with Gasteiger partial charge in [-0.3, -0.25) is 9.59 Å². The van der Waals surface area contributed by atoms with Crippen molar-refractivity contribution in [1.82, 2.24) is 9.80 Å². The van der Waals surface area contributed by atoms with E-state index in [1.54, 1.807) is 38.2 Å². The molecule has 1 atom stereocenters. The first-order chi connectivity index (χ1) is 13.9. The van der Waals surface area contributed by atoms with Gasteiger partial charge in [-0.25, -0.2) is 0 Å². The Hall–Kier alpha value is -3.22. The first-order valence-electron chi connectivity index (χ1n) is 9.56. The molecule has 154 valence electrons. The molecule has 0 aliphatic carbocycles. The fourth-order valence-corrected chi connectivity index (χ4v) is 3.59. The molecule has 0 fully saturated rings. The molecule has 2 N–H and O–H groups in total. The molecular weight excluding hydrogens is 370 g/mol. The molecule has 1 aliphatic heterocycles. The zero-order valence-corrected chi connectivity index (χ0v) is 17.3. The highest BCUT2D eigenvalue weighted by molar-refractivity contribution is 6.03. The highest BCUT2D eigenvalue weighted by Crippen LogP contribution is 2.38. The lowest BCUT2D eigenvalue weighted by Crippen LogP contribution is -2.34. The molecule has 2 aromatic carbocycles. The van der Waals surface area contributed by atoms with Gasteiger partial charge in [0.1, 0.15) is 0 Å². The molecule has 0 bridgehead atoms. The summed E-state index contributed by atoms with van der Waals surface area (Å²) in [5.41, 5.74) is 8.71. The first kappa shape index (κ1) is 20.5. The second-order valence-electron chi connectivity index (χ2n) is 7.17. The van der Waals surface area contributed by atoms with Crippen molar-refractivity contribution in [2.75, 3.05) is 33.5 Å². The Labute approximate surface area is 171 Å². The predicted octanol–water partition coefficient (Wildman–Crippen LogP) is 2.85. The van der Waals surface area contributed by atoms with E-state index in [-0.39, 0.29) is 18.2 Å². The summed E-state index contributed by atoms with van der Waals surface area (Å²) in [7, 11) is 4.99. The van der Waals surface area contributed by atoms with Crippen LogP contribution in [0.1, 0.15) is 40.9 Å². The van der Waals surface area contributed by atoms with Crippen LogP contribution in [0, 0.1) is 0 Å². The van der Waals surface area contributed by atoms with Gasteiger partial charge in [-0.15, -0.1) is 0 Å².